The highest BCUT2D eigenvalue weighted by Gasteiger charge is 2.14. The lowest BCUT2D eigenvalue weighted by molar-refractivity contribution is -0.117. The molecule has 0 saturated carbocycles. The first-order chi connectivity index (χ1) is 7.84. The zero-order valence-electron chi connectivity index (χ0n) is 11.1. The molecule has 94 valence electrons. The van der Waals surface area contributed by atoms with Gasteiger partial charge in [0.1, 0.15) is 0 Å². The predicted molar refractivity (Wildman–Crippen MR) is 72.0 cm³/mol. The molecule has 3 heteroatoms. The fourth-order valence-electron chi connectivity index (χ4n) is 1.47. The molecule has 0 aliphatic heterocycles. The average Bonchev–Trinajstić information content (AvgIpc) is 2.27. The highest BCUT2D eigenvalue weighted by atomic mass is 16.2. The third kappa shape index (κ3) is 3.86. The van der Waals surface area contributed by atoms with Crippen molar-refractivity contribution in [3.63, 3.8) is 0 Å². The standard InChI is InChI=1S/C14H22N2O/c1-5-12(15)13(17)16-11-8-6-10(7-9-11)14(2,3)4/h6-9,12H,5,15H2,1-4H3,(H,16,17)/t12-/m1/s1. The van der Waals surface area contributed by atoms with Gasteiger partial charge in [-0.25, -0.2) is 0 Å². The maximum Gasteiger partial charge on any atom is 0.241 e. The molecule has 1 rings (SSSR count). The highest BCUT2D eigenvalue weighted by molar-refractivity contribution is 5.94. The Morgan fingerprint density at radius 1 is 1.29 bits per heavy atom. The van der Waals surface area contributed by atoms with E-state index in [-0.39, 0.29) is 11.3 Å². The molecular formula is C14H22N2O. The van der Waals surface area contributed by atoms with Crippen LogP contribution in [0, 0.1) is 0 Å². The van der Waals surface area contributed by atoms with Gasteiger partial charge in [-0.15, -0.1) is 0 Å². The lowest BCUT2D eigenvalue weighted by Crippen LogP contribution is -2.34. The van der Waals surface area contributed by atoms with Gasteiger partial charge in [-0.3, -0.25) is 4.79 Å². The second kappa shape index (κ2) is 5.32. The van der Waals surface area contributed by atoms with E-state index in [1.165, 1.54) is 5.56 Å². The zero-order chi connectivity index (χ0) is 13.1. The van der Waals surface area contributed by atoms with Crippen molar-refractivity contribution in [3.05, 3.63) is 29.8 Å². The second-order valence-corrected chi connectivity index (χ2v) is 5.33. The highest BCUT2D eigenvalue weighted by Crippen LogP contribution is 2.23. The minimum absolute atomic E-state index is 0.127. The van der Waals surface area contributed by atoms with Crippen LogP contribution < -0.4 is 11.1 Å². The van der Waals surface area contributed by atoms with Gasteiger partial charge in [0.2, 0.25) is 5.91 Å². The molecule has 1 atom stereocenters. The van der Waals surface area contributed by atoms with Crippen molar-refractivity contribution < 1.29 is 4.79 Å². The quantitative estimate of drug-likeness (QED) is 0.844. The van der Waals surface area contributed by atoms with Gasteiger partial charge in [0, 0.05) is 5.69 Å². The lowest BCUT2D eigenvalue weighted by Gasteiger charge is -2.19. The number of anilines is 1. The fourth-order valence-corrected chi connectivity index (χ4v) is 1.47. The Morgan fingerprint density at radius 3 is 2.24 bits per heavy atom. The van der Waals surface area contributed by atoms with E-state index >= 15 is 0 Å². The third-order valence-corrected chi connectivity index (χ3v) is 2.80. The minimum Gasteiger partial charge on any atom is -0.325 e. The van der Waals surface area contributed by atoms with E-state index in [9.17, 15) is 4.79 Å². The maximum atomic E-state index is 11.6. The predicted octanol–water partition coefficient (Wildman–Crippen LogP) is 2.66. The van der Waals surface area contributed by atoms with E-state index in [2.05, 4.69) is 26.1 Å². The van der Waals surface area contributed by atoms with Crippen LogP contribution in [0.2, 0.25) is 0 Å². The summed E-state index contributed by atoms with van der Waals surface area (Å²) in [6, 6.07) is 7.47. The van der Waals surface area contributed by atoms with Crippen molar-refractivity contribution in [1.82, 2.24) is 0 Å². The van der Waals surface area contributed by atoms with Crippen LogP contribution in [-0.4, -0.2) is 11.9 Å². The summed E-state index contributed by atoms with van der Waals surface area (Å²) in [5.74, 6) is -0.129. The molecule has 0 unspecified atom stereocenters. The topological polar surface area (TPSA) is 55.1 Å². The summed E-state index contributed by atoms with van der Waals surface area (Å²) < 4.78 is 0. The number of carbonyl (C=O) groups excluding carboxylic acids is 1. The lowest BCUT2D eigenvalue weighted by atomic mass is 9.87. The molecule has 0 aromatic heterocycles. The van der Waals surface area contributed by atoms with Crippen LogP contribution in [0.25, 0.3) is 0 Å². The van der Waals surface area contributed by atoms with Gasteiger partial charge in [-0.05, 0) is 29.5 Å². The first-order valence-corrected chi connectivity index (χ1v) is 6.01. The van der Waals surface area contributed by atoms with Crippen molar-refractivity contribution in [1.29, 1.82) is 0 Å². The molecule has 0 fully saturated rings. The number of amides is 1. The van der Waals surface area contributed by atoms with Crippen molar-refractivity contribution in [3.8, 4) is 0 Å². The molecule has 0 heterocycles. The fraction of sp³-hybridized carbons (Fsp3) is 0.500. The van der Waals surface area contributed by atoms with Crippen LogP contribution in [-0.2, 0) is 10.2 Å². The Kier molecular flexibility index (Phi) is 4.29. The molecule has 0 aliphatic carbocycles. The van der Waals surface area contributed by atoms with Crippen LogP contribution in [0.1, 0.15) is 39.7 Å². The Morgan fingerprint density at radius 2 is 1.82 bits per heavy atom. The normalized spacial score (nSPS) is 13.2. The summed E-state index contributed by atoms with van der Waals surface area (Å²) in [5.41, 5.74) is 7.82. The molecule has 0 radical (unpaired) electrons. The van der Waals surface area contributed by atoms with E-state index in [1.807, 2.05) is 31.2 Å². The van der Waals surface area contributed by atoms with Gasteiger partial charge in [-0.1, -0.05) is 39.8 Å². The van der Waals surface area contributed by atoms with Crippen LogP contribution in [0.5, 0.6) is 0 Å². The average molecular weight is 234 g/mol. The first-order valence-electron chi connectivity index (χ1n) is 6.01. The molecule has 0 bridgehead atoms. The van der Waals surface area contributed by atoms with E-state index in [1.54, 1.807) is 0 Å². The Balaban J connectivity index is 2.73. The van der Waals surface area contributed by atoms with Gasteiger partial charge < -0.3 is 11.1 Å². The molecule has 1 aromatic rings. The summed E-state index contributed by atoms with van der Waals surface area (Å²) in [6.07, 6.45) is 0.645. The van der Waals surface area contributed by atoms with E-state index < -0.39 is 6.04 Å². The second-order valence-electron chi connectivity index (χ2n) is 5.33. The molecule has 3 nitrogen and oxygen atoms in total. The SMILES string of the molecule is CC[C@@H](N)C(=O)Nc1ccc(C(C)(C)C)cc1. The summed E-state index contributed by atoms with van der Waals surface area (Å²) in [4.78, 5) is 11.6. The van der Waals surface area contributed by atoms with Gasteiger partial charge >= 0.3 is 0 Å². The summed E-state index contributed by atoms with van der Waals surface area (Å²) in [7, 11) is 0. The van der Waals surface area contributed by atoms with Gasteiger partial charge in [0.15, 0.2) is 0 Å². The first kappa shape index (κ1) is 13.7. The van der Waals surface area contributed by atoms with Crippen molar-refractivity contribution in [2.45, 2.75) is 45.6 Å². The van der Waals surface area contributed by atoms with Crippen LogP contribution in [0.4, 0.5) is 5.69 Å². The number of nitrogens with one attached hydrogen (secondary N) is 1. The number of rotatable bonds is 3. The van der Waals surface area contributed by atoms with Crippen LogP contribution in [0.3, 0.4) is 0 Å². The molecule has 1 amide bonds. The largest absolute Gasteiger partial charge is 0.325 e. The van der Waals surface area contributed by atoms with Crippen molar-refractivity contribution in [2.24, 2.45) is 5.73 Å². The summed E-state index contributed by atoms with van der Waals surface area (Å²) in [5, 5.41) is 2.81. The number of nitrogens with two attached hydrogens (primary N) is 1. The zero-order valence-corrected chi connectivity index (χ0v) is 11.1. The Bertz CT molecular complexity index is 376. The minimum atomic E-state index is -0.433. The number of hydrogen-bond donors (Lipinski definition) is 2. The number of carbonyl (C=O) groups is 1. The van der Waals surface area contributed by atoms with E-state index in [4.69, 9.17) is 5.73 Å². The molecule has 0 saturated heterocycles. The van der Waals surface area contributed by atoms with Crippen molar-refractivity contribution >= 4 is 11.6 Å². The van der Waals surface area contributed by atoms with E-state index in [0.29, 0.717) is 6.42 Å². The van der Waals surface area contributed by atoms with Crippen molar-refractivity contribution in [2.75, 3.05) is 5.32 Å². The molecule has 3 N–H and O–H groups in total. The Labute approximate surface area is 103 Å². The third-order valence-electron chi connectivity index (χ3n) is 2.80. The number of hydrogen-bond acceptors (Lipinski definition) is 2. The molecule has 0 spiro atoms. The monoisotopic (exact) mass is 234 g/mol. The van der Waals surface area contributed by atoms with Crippen LogP contribution >= 0.6 is 0 Å². The smallest absolute Gasteiger partial charge is 0.241 e. The van der Waals surface area contributed by atoms with Gasteiger partial charge in [-0.2, -0.15) is 0 Å². The summed E-state index contributed by atoms with van der Waals surface area (Å²) >= 11 is 0. The van der Waals surface area contributed by atoms with E-state index in [0.717, 1.165) is 5.69 Å². The molecule has 0 aliphatic rings. The van der Waals surface area contributed by atoms with Crippen LogP contribution in [0.15, 0.2) is 24.3 Å². The number of benzene rings is 1. The van der Waals surface area contributed by atoms with Gasteiger partial charge in [0.25, 0.3) is 0 Å². The molecule has 1 aromatic carbocycles. The van der Waals surface area contributed by atoms with Gasteiger partial charge in [0.05, 0.1) is 6.04 Å². The Hall–Kier alpha value is -1.35. The molecular weight excluding hydrogens is 212 g/mol. The molecule has 17 heavy (non-hydrogen) atoms. The summed E-state index contributed by atoms with van der Waals surface area (Å²) in [6.45, 7) is 8.38. The maximum absolute atomic E-state index is 11.6.